The highest BCUT2D eigenvalue weighted by atomic mass is 15.0. The molecule has 1 nitrogen and oxygen atoms in total. The standard InChI is InChI=1S/C13H17N/c1-2-4-10(5-3-1)13-8-11(13)9-14-12-6-7-12/h1-5,11-14H,6-9H2. The van der Waals surface area contributed by atoms with Crippen molar-refractivity contribution in [1.29, 1.82) is 0 Å². The Morgan fingerprint density at radius 2 is 1.93 bits per heavy atom. The van der Waals surface area contributed by atoms with E-state index in [-0.39, 0.29) is 0 Å². The minimum atomic E-state index is 0.849. The van der Waals surface area contributed by atoms with E-state index in [2.05, 4.69) is 35.6 Å². The number of benzene rings is 1. The van der Waals surface area contributed by atoms with Crippen LogP contribution in [0.4, 0.5) is 0 Å². The Morgan fingerprint density at radius 3 is 2.64 bits per heavy atom. The molecule has 0 aromatic heterocycles. The summed E-state index contributed by atoms with van der Waals surface area (Å²) in [6.07, 6.45) is 4.20. The third-order valence-corrected chi connectivity index (χ3v) is 3.40. The van der Waals surface area contributed by atoms with E-state index in [0.29, 0.717) is 0 Å². The first-order valence-electron chi connectivity index (χ1n) is 5.72. The lowest BCUT2D eigenvalue weighted by Crippen LogP contribution is -2.19. The maximum absolute atomic E-state index is 3.62. The molecule has 0 heterocycles. The monoisotopic (exact) mass is 187 g/mol. The molecule has 0 spiro atoms. The lowest BCUT2D eigenvalue weighted by molar-refractivity contribution is 0.624. The van der Waals surface area contributed by atoms with E-state index in [1.54, 1.807) is 0 Å². The predicted octanol–water partition coefficient (Wildman–Crippen LogP) is 2.54. The Kier molecular flexibility index (Phi) is 2.06. The van der Waals surface area contributed by atoms with Gasteiger partial charge in [-0.15, -0.1) is 0 Å². The molecule has 1 aromatic carbocycles. The van der Waals surface area contributed by atoms with Crippen molar-refractivity contribution >= 4 is 0 Å². The third kappa shape index (κ3) is 1.83. The largest absolute Gasteiger partial charge is 0.314 e. The quantitative estimate of drug-likeness (QED) is 0.763. The number of hydrogen-bond donors (Lipinski definition) is 1. The third-order valence-electron chi connectivity index (χ3n) is 3.40. The number of rotatable bonds is 4. The zero-order chi connectivity index (χ0) is 9.38. The van der Waals surface area contributed by atoms with Crippen molar-refractivity contribution < 1.29 is 0 Å². The van der Waals surface area contributed by atoms with Crippen molar-refractivity contribution in [2.75, 3.05) is 6.54 Å². The van der Waals surface area contributed by atoms with Gasteiger partial charge in [-0.05, 0) is 43.2 Å². The fraction of sp³-hybridized carbons (Fsp3) is 0.538. The van der Waals surface area contributed by atoms with Gasteiger partial charge in [-0.25, -0.2) is 0 Å². The van der Waals surface area contributed by atoms with Crippen LogP contribution in [0.25, 0.3) is 0 Å². The van der Waals surface area contributed by atoms with Crippen LogP contribution >= 0.6 is 0 Å². The van der Waals surface area contributed by atoms with Crippen molar-refractivity contribution in [2.24, 2.45) is 5.92 Å². The van der Waals surface area contributed by atoms with Gasteiger partial charge in [0.1, 0.15) is 0 Å². The second kappa shape index (κ2) is 3.39. The second-order valence-electron chi connectivity index (χ2n) is 4.70. The molecule has 0 radical (unpaired) electrons. The van der Waals surface area contributed by atoms with Gasteiger partial charge in [0.25, 0.3) is 0 Å². The molecule has 14 heavy (non-hydrogen) atoms. The topological polar surface area (TPSA) is 12.0 Å². The SMILES string of the molecule is c1ccc(C2CC2CNC2CC2)cc1. The van der Waals surface area contributed by atoms with E-state index in [4.69, 9.17) is 0 Å². The van der Waals surface area contributed by atoms with Crippen molar-refractivity contribution in [3.63, 3.8) is 0 Å². The van der Waals surface area contributed by atoms with Crippen molar-refractivity contribution in [2.45, 2.75) is 31.2 Å². The second-order valence-corrected chi connectivity index (χ2v) is 4.70. The fourth-order valence-corrected chi connectivity index (χ4v) is 2.19. The van der Waals surface area contributed by atoms with Crippen LogP contribution in [-0.2, 0) is 0 Å². The van der Waals surface area contributed by atoms with E-state index < -0.39 is 0 Å². The van der Waals surface area contributed by atoms with Gasteiger partial charge in [-0.3, -0.25) is 0 Å². The molecule has 0 aliphatic heterocycles. The first-order valence-corrected chi connectivity index (χ1v) is 5.72. The molecule has 2 fully saturated rings. The molecule has 2 saturated carbocycles. The van der Waals surface area contributed by atoms with Gasteiger partial charge in [0, 0.05) is 6.04 Å². The summed E-state index contributed by atoms with van der Waals surface area (Å²) in [6.45, 7) is 1.24. The average Bonchev–Trinajstić information content (AvgIpc) is 3.12. The number of nitrogens with one attached hydrogen (secondary N) is 1. The van der Waals surface area contributed by atoms with Gasteiger partial charge in [0.2, 0.25) is 0 Å². The first-order chi connectivity index (χ1) is 6.93. The minimum Gasteiger partial charge on any atom is -0.314 e. The lowest BCUT2D eigenvalue weighted by atomic mass is 10.1. The van der Waals surface area contributed by atoms with Gasteiger partial charge in [-0.1, -0.05) is 30.3 Å². The normalized spacial score (nSPS) is 30.3. The lowest BCUT2D eigenvalue weighted by Gasteiger charge is -2.01. The molecule has 0 bridgehead atoms. The van der Waals surface area contributed by atoms with Crippen LogP contribution in [0.15, 0.2) is 30.3 Å². The smallest absolute Gasteiger partial charge is 0.00683 e. The van der Waals surface area contributed by atoms with Crippen LogP contribution in [0.2, 0.25) is 0 Å². The molecule has 0 saturated heterocycles. The molecular formula is C13H17N. The molecule has 1 heteroatoms. The summed E-state index contributed by atoms with van der Waals surface area (Å²) in [4.78, 5) is 0. The van der Waals surface area contributed by atoms with Crippen LogP contribution in [0.5, 0.6) is 0 Å². The van der Waals surface area contributed by atoms with Crippen LogP contribution in [0, 0.1) is 5.92 Å². The molecule has 2 aliphatic rings. The van der Waals surface area contributed by atoms with Crippen LogP contribution in [0.3, 0.4) is 0 Å². The summed E-state index contributed by atoms with van der Waals surface area (Å²) in [6, 6.07) is 11.8. The Morgan fingerprint density at radius 1 is 1.14 bits per heavy atom. The van der Waals surface area contributed by atoms with Crippen LogP contribution < -0.4 is 5.32 Å². The van der Waals surface area contributed by atoms with Crippen LogP contribution in [-0.4, -0.2) is 12.6 Å². The van der Waals surface area contributed by atoms with Gasteiger partial charge in [0.05, 0.1) is 0 Å². The molecule has 2 atom stereocenters. The van der Waals surface area contributed by atoms with Crippen molar-refractivity contribution in [3.8, 4) is 0 Å². The van der Waals surface area contributed by atoms with E-state index in [1.165, 1.54) is 31.4 Å². The highest BCUT2D eigenvalue weighted by Gasteiger charge is 2.38. The predicted molar refractivity (Wildman–Crippen MR) is 58.3 cm³/mol. The molecule has 74 valence electrons. The van der Waals surface area contributed by atoms with Crippen molar-refractivity contribution in [3.05, 3.63) is 35.9 Å². The molecule has 2 unspecified atom stereocenters. The van der Waals surface area contributed by atoms with Gasteiger partial charge < -0.3 is 5.32 Å². The number of hydrogen-bond acceptors (Lipinski definition) is 1. The highest BCUT2D eigenvalue weighted by molar-refractivity contribution is 5.25. The Balaban J connectivity index is 1.52. The molecule has 2 aliphatic carbocycles. The Hall–Kier alpha value is -0.820. The van der Waals surface area contributed by atoms with Gasteiger partial charge in [0.15, 0.2) is 0 Å². The summed E-state index contributed by atoms with van der Waals surface area (Å²) in [7, 11) is 0. The molecule has 1 aromatic rings. The minimum absolute atomic E-state index is 0.849. The van der Waals surface area contributed by atoms with Crippen molar-refractivity contribution in [1.82, 2.24) is 5.32 Å². The summed E-state index contributed by atoms with van der Waals surface area (Å²) in [5.41, 5.74) is 1.54. The van der Waals surface area contributed by atoms with E-state index >= 15 is 0 Å². The van der Waals surface area contributed by atoms with E-state index in [9.17, 15) is 0 Å². The Labute approximate surface area is 85.5 Å². The zero-order valence-electron chi connectivity index (χ0n) is 8.45. The summed E-state index contributed by atoms with van der Waals surface area (Å²) < 4.78 is 0. The summed E-state index contributed by atoms with van der Waals surface area (Å²) in [5.74, 6) is 1.76. The fourth-order valence-electron chi connectivity index (χ4n) is 2.19. The maximum Gasteiger partial charge on any atom is 0.00683 e. The highest BCUT2D eigenvalue weighted by Crippen LogP contribution is 2.47. The first kappa shape index (κ1) is 8.49. The maximum atomic E-state index is 3.62. The molecule has 0 amide bonds. The average molecular weight is 187 g/mol. The summed E-state index contributed by atoms with van der Waals surface area (Å²) in [5, 5.41) is 3.62. The molecular weight excluding hydrogens is 170 g/mol. The van der Waals surface area contributed by atoms with Crippen LogP contribution in [0.1, 0.15) is 30.7 Å². The summed E-state index contributed by atoms with van der Waals surface area (Å²) >= 11 is 0. The Bertz CT molecular complexity index is 302. The zero-order valence-corrected chi connectivity index (χ0v) is 8.45. The van der Waals surface area contributed by atoms with E-state index in [1.807, 2.05) is 0 Å². The van der Waals surface area contributed by atoms with Gasteiger partial charge in [-0.2, -0.15) is 0 Å². The van der Waals surface area contributed by atoms with Gasteiger partial charge >= 0.3 is 0 Å². The molecule has 3 rings (SSSR count). The molecule has 1 N–H and O–H groups in total. The van der Waals surface area contributed by atoms with E-state index in [0.717, 1.165) is 17.9 Å².